The standard InChI is InChI=1S/C44H44N2O2Si/c1-44(2,3)49(34-22-12-6-13-23-34,35-24-14-7-15-25-35)48-40-29-17-26-36-37(40)27-16-28-38(36)46-31-30-39(46)43-45-41(32-18-8-4-9-19-32)42(47-43)33-20-10-5-11-21-33/h4-15,17-26,29,38-39H,16,27-28,30-31H2,1-3H3. The second-order valence-corrected chi connectivity index (χ2v) is 18.7. The lowest BCUT2D eigenvalue weighted by Crippen LogP contribution is -2.69. The molecule has 0 bridgehead atoms. The lowest BCUT2D eigenvalue weighted by molar-refractivity contribution is 0.0154. The van der Waals surface area contributed by atoms with Gasteiger partial charge in [0.05, 0.1) is 6.04 Å². The Morgan fingerprint density at radius 1 is 0.673 bits per heavy atom. The van der Waals surface area contributed by atoms with Crippen molar-refractivity contribution in [1.82, 2.24) is 9.88 Å². The molecule has 0 saturated carbocycles. The molecule has 1 aliphatic carbocycles. The molecule has 0 spiro atoms. The molecular weight excluding hydrogens is 617 g/mol. The molecule has 2 heterocycles. The van der Waals surface area contributed by atoms with Crippen LogP contribution < -0.4 is 14.8 Å². The van der Waals surface area contributed by atoms with Crippen molar-refractivity contribution < 1.29 is 8.84 Å². The lowest BCUT2D eigenvalue weighted by Gasteiger charge is -2.47. The Kier molecular flexibility index (Phi) is 8.34. The van der Waals surface area contributed by atoms with E-state index >= 15 is 0 Å². The third-order valence-electron chi connectivity index (χ3n) is 10.6. The summed E-state index contributed by atoms with van der Waals surface area (Å²) < 4.78 is 14.4. The predicted octanol–water partition coefficient (Wildman–Crippen LogP) is 9.77. The van der Waals surface area contributed by atoms with Crippen molar-refractivity contribution in [3.63, 3.8) is 0 Å². The minimum Gasteiger partial charge on any atom is -0.534 e. The fraction of sp³-hybridized carbons (Fsp3) is 0.250. The zero-order chi connectivity index (χ0) is 33.4. The van der Waals surface area contributed by atoms with Gasteiger partial charge < -0.3 is 8.84 Å². The number of benzene rings is 5. The number of likely N-dealkylation sites (tertiary alicyclic amines) is 1. The zero-order valence-electron chi connectivity index (χ0n) is 28.7. The van der Waals surface area contributed by atoms with Crippen LogP contribution in [0.5, 0.6) is 5.75 Å². The van der Waals surface area contributed by atoms with Gasteiger partial charge in [0.2, 0.25) is 5.89 Å². The topological polar surface area (TPSA) is 38.5 Å². The van der Waals surface area contributed by atoms with Gasteiger partial charge in [-0.3, -0.25) is 4.90 Å². The molecule has 1 aromatic heterocycles. The van der Waals surface area contributed by atoms with Crippen LogP contribution in [0.1, 0.15) is 69.1 Å². The molecule has 0 N–H and O–H groups in total. The van der Waals surface area contributed by atoms with E-state index in [1.54, 1.807) is 0 Å². The summed E-state index contributed by atoms with van der Waals surface area (Å²) >= 11 is 0. The number of oxazole rings is 1. The first kappa shape index (κ1) is 31.5. The first-order chi connectivity index (χ1) is 23.9. The van der Waals surface area contributed by atoms with Gasteiger partial charge in [0.15, 0.2) is 5.76 Å². The van der Waals surface area contributed by atoms with E-state index in [0.717, 1.165) is 66.4 Å². The number of fused-ring (bicyclic) bond motifs is 1. The van der Waals surface area contributed by atoms with Crippen LogP contribution in [0.25, 0.3) is 22.6 Å². The van der Waals surface area contributed by atoms with Gasteiger partial charge in [-0.05, 0) is 58.3 Å². The second kappa shape index (κ2) is 13.0. The van der Waals surface area contributed by atoms with Gasteiger partial charge in [-0.1, -0.05) is 154 Å². The highest BCUT2D eigenvalue weighted by atomic mass is 28.4. The van der Waals surface area contributed by atoms with Crippen molar-refractivity contribution >= 4 is 18.7 Å². The maximum atomic E-state index is 7.63. The Balaban J connectivity index is 1.17. The number of hydrogen-bond acceptors (Lipinski definition) is 4. The summed E-state index contributed by atoms with van der Waals surface area (Å²) in [7, 11) is -2.77. The van der Waals surface area contributed by atoms with Crippen LogP contribution in [-0.2, 0) is 6.42 Å². The number of hydrogen-bond donors (Lipinski definition) is 0. The minimum absolute atomic E-state index is 0.104. The normalized spacial score (nSPS) is 18.0. The molecule has 246 valence electrons. The highest BCUT2D eigenvalue weighted by Gasteiger charge is 2.52. The van der Waals surface area contributed by atoms with E-state index in [9.17, 15) is 0 Å². The van der Waals surface area contributed by atoms with Crippen LogP contribution in [0.2, 0.25) is 5.04 Å². The zero-order valence-corrected chi connectivity index (χ0v) is 29.7. The summed E-state index contributed by atoms with van der Waals surface area (Å²) in [4.78, 5) is 7.84. The van der Waals surface area contributed by atoms with Gasteiger partial charge in [0, 0.05) is 23.7 Å². The van der Waals surface area contributed by atoms with Gasteiger partial charge >= 0.3 is 8.32 Å². The third-order valence-corrected chi connectivity index (χ3v) is 15.5. The van der Waals surface area contributed by atoms with E-state index in [2.05, 4.69) is 153 Å². The molecule has 2 atom stereocenters. The molecule has 8 rings (SSSR count). The molecule has 5 aromatic carbocycles. The Morgan fingerprint density at radius 2 is 1.27 bits per heavy atom. The third kappa shape index (κ3) is 5.65. The van der Waals surface area contributed by atoms with Crippen LogP contribution >= 0.6 is 0 Å². The quantitative estimate of drug-likeness (QED) is 0.152. The molecular formula is C44H44N2O2Si. The average Bonchev–Trinajstić information content (AvgIpc) is 3.56. The molecule has 0 radical (unpaired) electrons. The fourth-order valence-electron chi connectivity index (χ4n) is 8.15. The average molecular weight is 661 g/mol. The molecule has 1 saturated heterocycles. The van der Waals surface area contributed by atoms with E-state index in [-0.39, 0.29) is 17.1 Å². The van der Waals surface area contributed by atoms with Crippen molar-refractivity contribution in [2.75, 3.05) is 6.54 Å². The maximum absolute atomic E-state index is 7.63. The molecule has 4 nitrogen and oxygen atoms in total. The first-order valence-corrected chi connectivity index (χ1v) is 19.6. The number of aromatic nitrogens is 1. The highest BCUT2D eigenvalue weighted by molar-refractivity contribution is 7.00. The van der Waals surface area contributed by atoms with E-state index in [1.807, 2.05) is 12.1 Å². The monoisotopic (exact) mass is 660 g/mol. The molecule has 49 heavy (non-hydrogen) atoms. The van der Waals surface area contributed by atoms with Crippen molar-refractivity contribution in [3.8, 4) is 28.3 Å². The highest BCUT2D eigenvalue weighted by Crippen LogP contribution is 2.49. The summed E-state index contributed by atoms with van der Waals surface area (Å²) in [5, 5.41) is 2.50. The van der Waals surface area contributed by atoms with Crippen LogP contribution in [0.15, 0.2) is 144 Å². The van der Waals surface area contributed by atoms with Crippen LogP contribution in [0.3, 0.4) is 0 Å². The molecule has 5 heteroatoms. The van der Waals surface area contributed by atoms with Crippen molar-refractivity contribution in [3.05, 3.63) is 157 Å². The molecule has 2 aliphatic rings. The fourth-order valence-corrected chi connectivity index (χ4v) is 12.6. The number of nitrogens with zero attached hydrogens (tertiary/aromatic N) is 2. The lowest BCUT2D eigenvalue weighted by atomic mass is 9.83. The van der Waals surface area contributed by atoms with Gasteiger partial charge in [-0.25, -0.2) is 4.98 Å². The van der Waals surface area contributed by atoms with E-state index in [4.69, 9.17) is 13.8 Å². The summed E-state index contributed by atoms with van der Waals surface area (Å²) in [6.07, 6.45) is 4.29. The van der Waals surface area contributed by atoms with Crippen LogP contribution in [-0.4, -0.2) is 24.7 Å². The summed E-state index contributed by atoms with van der Waals surface area (Å²) in [6, 6.07) is 50.0. The second-order valence-electron chi connectivity index (χ2n) is 14.5. The Hall–Kier alpha value is -4.71. The van der Waals surface area contributed by atoms with Gasteiger partial charge in [0.25, 0.3) is 0 Å². The van der Waals surface area contributed by atoms with E-state index in [0.29, 0.717) is 0 Å². The molecule has 1 fully saturated rings. The van der Waals surface area contributed by atoms with Gasteiger partial charge in [-0.2, -0.15) is 0 Å². The molecule has 6 aromatic rings. The van der Waals surface area contributed by atoms with Crippen molar-refractivity contribution in [2.24, 2.45) is 0 Å². The molecule has 1 aliphatic heterocycles. The van der Waals surface area contributed by atoms with Crippen molar-refractivity contribution in [1.29, 1.82) is 0 Å². The minimum atomic E-state index is -2.77. The number of rotatable bonds is 8. The molecule has 2 unspecified atom stereocenters. The van der Waals surface area contributed by atoms with Crippen LogP contribution in [0.4, 0.5) is 0 Å². The van der Waals surface area contributed by atoms with Crippen LogP contribution in [0, 0.1) is 0 Å². The summed E-state index contributed by atoms with van der Waals surface area (Å²) in [5.74, 6) is 2.71. The van der Waals surface area contributed by atoms with Gasteiger partial charge in [0.1, 0.15) is 11.4 Å². The van der Waals surface area contributed by atoms with E-state index in [1.165, 1.54) is 21.5 Å². The summed E-state index contributed by atoms with van der Waals surface area (Å²) in [5.41, 5.74) is 5.80. The largest absolute Gasteiger partial charge is 0.534 e. The predicted molar refractivity (Wildman–Crippen MR) is 202 cm³/mol. The van der Waals surface area contributed by atoms with E-state index < -0.39 is 8.32 Å². The Labute approximate surface area is 291 Å². The SMILES string of the molecule is CC(C)(C)[Si](Oc1cccc2c1CCCC2N1CCC1c1nc(-c2ccccc2)c(-c2ccccc2)o1)(c1ccccc1)c1ccccc1. The van der Waals surface area contributed by atoms with Gasteiger partial charge in [-0.15, -0.1) is 0 Å². The Morgan fingerprint density at radius 3 is 1.84 bits per heavy atom. The Bertz CT molecular complexity index is 1920. The summed E-state index contributed by atoms with van der Waals surface area (Å²) in [6.45, 7) is 8.09. The maximum Gasteiger partial charge on any atom is 0.319 e. The smallest absolute Gasteiger partial charge is 0.319 e. The first-order valence-electron chi connectivity index (χ1n) is 17.7. The van der Waals surface area contributed by atoms with Crippen molar-refractivity contribution in [2.45, 2.75) is 63.6 Å². The molecule has 0 amide bonds.